The molecule has 0 aromatic carbocycles. The molecule has 3 N–H and O–H groups in total. The van der Waals surface area contributed by atoms with E-state index in [0.29, 0.717) is 37.3 Å². The normalized spacial score (nSPS) is 12.6. The molecule has 1 aromatic rings. The van der Waals surface area contributed by atoms with Crippen molar-refractivity contribution in [1.82, 2.24) is 25.1 Å². The van der Waals surface area contributed by atoms with Crippen LogP contribution < -0.4 is 27.2 Å². The standard InChI is InChI=1S/C17H26N6O5/c1-4-18-15(25)21-12-8-7-11-13(20-12)23(9-10-28-16(26)19-5-2)17(27)22(6-3)14(11)24/h4-10H2,1-3H3,(H,19,26)(H2,18,20,21,25). The van der Waals surface area contributed by atoms with Crippen molar-refractivity contribution in [3.8, 4) is 0 Å². The number of ether oxygens (including phenoxy) is 1. The van der Waals surface area contributed by atoms with E-state index in [1.54, 1.807) is 20.8 Å². The lowest BCUT2D eigenvalue weighted by atomic mass is 10.1. The highest BCUT2D eigenvalue weighted by molar-refractivity contribution is 5.99. The van der Waals surface area contributed by atoms with E-state index in [2.05, 4.69) is 20.9 Å². The molecule has 11 nitrogen and oxygen atoms in total. The van der Waals surface area contributed by atoms with Crippen LogP contribution in [0.5, 0.6) is 0 Å². The average molecular weight is 394 g/mol. The van der Waals surface area contributed by atoms with Crippen LogP contribution >= 0.6 is 0 Å². The molecule has 0 fully saturated rings. The van der Waals surface area contributed by atoms with Crippen molar-refractivity contribution in [1.29, 1.82) is 0 Å². The van der Waals surface area contributed by atoms with Gasteiger partial charge < -0.3 is 15.4 Å². The van der Waals surface area contributed by atoms with Gasteiger partial charge in [-0.2, -0.15) is 0 Å². The number of nitrogens with zero attached hydrogens (tertiary/aromatic N) is 3. The predicted octanol–water partition coefficient (Wildman–Crippen LogP) is 0.0713. The van der Waals surface area contributed by atoms with E-state index >= 15 is 0 Å². The minimum Gasteiger partial charge on any atom is -0.448 e. The number of aliphatic imine (C=N–C) groups is 1. The van der Waals surface area contributed by atoms with E-state index in [1.807, 2.05) is 0 Å². The van der Waals surface area contributed by atoms with Crippen molar-refractivity contribution >= 4 is 23.8 Å². The number of alkyl carbamates (subject to hydrolysis) is 1. The molecular formula is C17H26N6O5. The average Bonchev–Trinajstić information content (AvgIpc) is 2.65. The molecule has 0 radical (unpaired) electrons. The van der Waals surface area contributed by atoms with E-state index < -0.39 is 17.8 Å². The zero-order chi connectivity index (χ0) is 20.7. The Morgan fingerprint density at radius 3 is 2.43 bits per heavy atom. The summed E-state index contributed by atoms with van der Waals surface area (Å²) in [5.41, 5.74) is -0.515. The summed E-state index contributed by atoms with van der Waals surface area (Å²) in [4.78, 5) is 52.9. The fraction of sp³-hybridized carbons (Fsp3) is 0.588. The van der Waals surface area contributed by atoms with Gasteiger partial charge in [0.25, 0.3) is 5.56 Å². The summed E-state index contributed by atoms with van der Waals surface area (Å²) in [6, 6.07) is -0.403. The zero-order valence-electron chi connectivity index (χ0n) is 16.3. The maximum atomic E-state index is 12.7. The number of fused-ring (bicyclic) bond motifs is 1. The van der Waals surface area contributed by atoms with Gasteiger partial charge in [-0.3, -0.25) is 19.2 Å². The Kier molecular flexibility index (Phi) is 7.36. The van der Waals surface area contributed by atoms with Gasteiger partial charge in [-0.1, -0.05) is 0 Å². The second-order valence-corrected chi connectivity index (χ2v) is 5.99. The first kappa shape index (κ1) is 21.2. The van der Waals surface area contributed by atoms with Crippen LogP contribution in [-0.4, -0.2) is 46.8 Å². The van der Waals surface area contributed by atoms with Crippen LogP contribution in [0, 0.1) is 0 Å². The lowest BCUT2D eigenvalue weighted by Gasteiger charge is -2.21. The number of amidine groups is 1. The molecule has 0 aliphatic carbocycles. The molecule has 0 unspecified atom stereocenters. The maximum absolute atomic E-state index is 12.7. The first-order valence-electron chi connectivity index (χ1n) is 9.32. The first-order valence-corrected chi connectivity index (χ1v) is 9.32. The molecule has 11 heteroatoms. The van der Waals surface area contributed by atoms with Crippen molar-refractivity contribution in [2.45, 2.75) is 46.7 Å². The number of aromatic nitrogens is 2. The molecule has 154 valence electrons. The zero-order valence-corrected chi connectivity index (χ0v) is 16.3. The second-order valence-electron chi connectivity index (χ2n) is 5.99. The van der Waals surface area contributed by atoms with Crippen LogP contribution in [0.15, 0.2) is 14.6 Å². The largest absolute Gasteiger partial charge is 0.448 e. The molecule has 1 aromatic heterocycles. The van der Waals surface area contributed by atoms with Crippen LogP contribution in [0.1, 0.15) is 32.8 Å². The van der Waals surface area contributed by atoms with Crippen molar-refractivity contribution in [3.63, 3.8) is 0 Å². The van der Waals surface area contributed by atoms with Gasteiger partial charge in [0.2, 0.25) is 0 Å². The summed E-state index contributed by atoms with van der Waals surface area (Å²) in [5.74, 6) is 0.558. The number of hydrogen-bond acceptors (Lipinski definition) is 6. The lowest BCUT2D eigenvalue weighted by Crippen LogP contribution is -2.45. The summed E-state index contributed by atoms with van der Waals surface area (Å²) in [5, 5.41) is 7.72. The summed E-state index contributed by atoms with van der Waals surface area (Å²) in [6.45, 7) is 6.33. The van der Waals surface area contributed by atoms with E-state index in [1.165, 1.54) is 4.57 Å². The number of carbonyl (C=O) groups is 2. The number of carbonyl (C=O) groups excluding carboxylic acids is 2. The molecule has 2 rings (SSSR count). The number of rotatable bonds is 6. The summed E-state index contributed by atoms with van der Waals surface area (Å²) < 4.78 is 7.47. The second kappa shape index (κ2) is 9.72. The van der Waals surface area contributed by atoms with Crippen molar-refractivity contribution < 1.29 is 14.3 Å². The minimum atomic E-state index is -0.588. The van der Waals surface area contributed by atoms with Gasteiger partial charge in [-0.15, -0.1) is 0 Å². The molecule has 0 saturated heterocycles. The molecular weight excluding hydrogens is 368 g/mol. The molecule has 0 saturated carbocycles. The van der Waals surface area contributed by atoms with Gasteiger partial charge >= 0.3 is 17.8 Å². The van der Waals surface area contributed by atoms with Crippen molar-refractivity contribution in [2.75, 3.05) is 19.7 Å². The third-order valence-electron chi connectivity index (χ3n) is 4.12. The molecule has 1 aliphatic rings. The molecule has 3 amide bonds. The van der Waals surface area contributed by atoms with Gasteiger partial charge in [-0.25, -0.2) is 19.4 Å². The SMILES string of the molecule is CCNC(=O)NC1=Nc2c(c(=O)n(CC)c(=O)n2CCOC(=O)NCC)CC1. The Balaban J connectivity index is 2.37. The number of amides is 3. The molecule has 0 spiro atoms. The quantitative estimate of drug-likeness (QED) is 0.627. The van der Waals surface area contributed by atoms with Gasteiger partial charge in [0.15, 0.2) is 0 Å². The van der Waals surface area contributed by atoms with E-state index in [4.69, 9.17) is 4.74 Å². The third kappa shape index (κ3) is 4.78. The van der Waals surface area contributed by atoms with E-state index in [0.717, 1.165) is 4.57 Å². The third-order valence-corrected chi connectivity index (χ3v) is 4.12. The van der Waals surface area contributed by atoms with Gasteiger partial charge in [0.1, 0.15) is 18.3 Å². The van der Waals surface area contributed by atoms with E-state index in [9.17, 15) is 19.2 Å². The van der Waals surface area contributed by atoms with Gasteiger partial charge in [-0.05, 0) is 27.2 Å². The van der Waals surface area contributed by atoms with E-state index in [-0.39, 0.29) is 31.1 Å². The Bertz CT molecular complexity index is 885. The topological polar surface area (TPSA) is 136 Å². The van der Waals surface area contributed by atoms with Crippen LogP contribution in [0.2, 0.25) is 0 Å². The minimum absolute atomic E-state index is 0.0382. The molecule has 0 bridgehead atoms. The Morgan fingerprint density at radius 1 is 1.07 bits per heavy atom. The summed E-state index contributed by atoms with van der Waals surface area (Å²) >= 11 is 0. The van der Waals surface area contributed by atoms with Crippen molar-refractivity contribution in [3.05, 3.63) is 26.4 Å². The fourth-order valence-electron chi connectivity index (χ4n) is 2.85. The monoisotopic (exact) mass is 394 g/mol. The Labute approximate surface area is 161 Å². The summed E-state index contributed by atoms with van der Waals surface area (Å²) in [7, 11) is 0. The smallest absolute Gasteiger partial charge is 0.407 e. The Hall–Kier alpha value is -3.11. The number of nitrogens with one attached hydrogen (secondary N) is 3. The van der Waals surface area contributed by atoms with Crippen molar-refractivity contribution in [2.24, 2.45) is 4.99 Å². The lowest BCUT2D eigenvalue weighted by molar-refractivity contribution is 0.142. The molecule has 0 atom stereocenters. The molecule has 1 aliphatic heterocycles. The first-order chi connectivity index (χ1) is 13.4. The highest BCUT2D eigenvalue weighted by Gasteiger charge is 2.23. The maximum Gasteiger partial charge on any atom is 0.407 e. The van der Waals surface area contributed by atoms with Crippen LogP contribution in [0.3, 0.4) is 0 Å². The van der Waals surface area contributed by atoms with Gasteiger partial charge in [0, 0.05) is 26.1 Å². The fourth-order valence-corrected chi connectivity index (χ4v) is 2.85. The number of hydrogen-bond donors (Lipinski definition) is 3. The summed E-state index contributed by atoms with van der Waals surface area (Å²) in [6.07, 6.45) is 0.128. The predicted molar refractivity (Wildman–Crippen MR) is 103 cm³/mol. The Morgan fingerprint density at radius 2 is 1.79 bits per heavy atom. The molecule has 2 heterocycles. The number of urea groups is 1. The van der Waals surface area contributed by atoms with Crippen LogP contribution in [0.25, 0.3) is 0 Å². The molecule has 28 heavy (non-hydrogen) atoms. The van der Waals surface area contributed by atoms with Crippen LogP contribution in [-0.2, 0) is 24.2 Å². The highest BCUT2D eigenvalue weighted by Crippen LogP contribution is 2.21. The highest BCUT2D eigenvalue weighted by atomic mass is 16.5. The van der Waals surface area contributed by atoms with Gasteiger partial charge in [0.05, 0.1) is 12.1 Å². The van der Waals surface area contributed by atoms with Crippen LogP contribution in [0.4, 0.5) is 15.4 Å².